The molecule has 0 saturated carbocycles. The van der Waals surface area contributed by atoms with Gasteiger partial charge in [0.05, 0.1) is 11.4 Å². The van der Waals surface area contributed by atoms with Gasteiger partial charge in [0.15, 0.2) is 0 Å². The summed E-state index contributed by atoms with van der Waals surface area (Å²) < 4.78 is 29.0. The van der Waals surface area contributed by atoms with Gasteiger partial charge in [-0.2, -0.15) is 0 Å². The van der Waals surface area contributed by atoms with Gasteiger partial charge in [-0.3, -0.25) is 0 Å². The van der Waals surface area contributed by atoms with Crippen LogP contribution in [-0.4, -0.2) is 29.7 Å². The summed E-state index contributed by atoms with van der Waals surface area (Å²) in [5.74, 6) is 0.598. The number of nitrogens with zero attached hydrogens (tertiary/aromatic N) is 3. The summed E-state index contributed by atoms with van der Waals surface area (Å²) in [5, 5.41) is 10.9. The molecule has 0 aliphatic carbocycles. The van der Waals surface area contributed by atoms with E-state index in [-0.39, 0.29) is 11.4 Å². The summed E-state index contributed by atoms with van der Waals surface area (Å²) in [6, 6.07) is 5.17. The lowest BCUT2D eigenvalue weighted by atomic mass is 10.2. The zero-order valence-corrected chi connectivity index (χ0v) is 12.5. The highest BCUT2D eigenvalue weighted by molar-refractivity contribution is 7.89. The predicted molar refractivity (Wildman–Crippen MR) is 78.4 cm³/mol. The minimum atomic E-state index is -3.55. The molecule has 0 fully saturated rings. The van der Waals surface area contributed by atoms with Crippen molar-refractivity contribution in [2.75, 3.05) is 11.9 Å². The number of anilines is 1. The van der Waals surface area contributed by atoms with E-state index in [4.69, 9.17) is 0 Å². The van der Waals surface area contributed by atoms with Gasteiger partial charge in [-0.25, -0.2) is 13.1 Å². The average Bonchev–Trinajstić information content (AvgIpc) is 3.12. The van der Waals surface area contributed by atoms with Crippen LogP contribution in [0.4, 0.5) is 5.69 Å². The molecule has 0 spiro atoms. The van der Waals surface area contributed by atoms with Crippen LogP contribution in [0.2, 0.25) is 0 Å². The van der Waals surface area contributed by atoms with Gasteiger partial charge in [-0.15, -0.1) is 10.2 Å². The van der Waals surface area contributed by atoms with Crippen molar-refractivity contribution in [2.24, 2.45) is 0 Å². The van der Waals surface area contributed by atoms with Crippen molar-refractivity contribution in [1.29, 1.82) is 0 Å². The molecule has 2 aromatic rings. The molecule has 0 bridgehead atoms. The van der Waals surface area contributed by atoms with E-state index in [2.05, 4.69) is 20.2 Å². The molecule has 0 unspecified atom stereocenters. The molecule has 1 aromatic carbocycles. The van der Waals surface area contributed by atoms with Crippen molar-refractivity contribution in [3.63, 3.8) is 0 Å². The Bertz CT molecular complexity index is 754. The van der Waals surface area contributed by atoms with Crippen molar-refractivity contribution in [3.8, 4) is 0 Å². The number of hydrogen-bond acceptors (Lipinski definition) is 5. The van der Waals surface area contributed by atoms with Crippen LogP contribution in [0.1, 0.15) is 18.3 Å². The second-order valence-electron chi connectivity index (χ2n) is 4.85. The maximum Gasteiger partial charge on any atom is 0.241 e. The number of aryl methyl sites for hydroxylation is 1. The van der Waals surface area contributed by atoms with Crippen molar-refractivity contribution in [2.45, 2.75) is 31.3 Å². The SMILES string of the molecule is CCn1cnnc1CNS(=O)(=O)c1ccc2c(c1)NCC2. The van der Waals surface area contributed by atoms with Gasteiger partial charge in [0.2, 0.25) is 10.0 Å². The Balaban J connectivity index is 1.78. The van der Waals surface area contributed by atoms with Crippen molar-refractivity contribution < 1.29 is 8.42 Å². The van der Waals surface area contributed by atoms with Crippen LogP contribution < -0.4 is 10.0 Å². The van der Waals surface area contributed by atoms with E-state index in [9.17, 15) is 8.42 Å². The first-order valence-corrected chi connectivity index (χ1v) is 8.31. The summed E-state index contributed by atoms with van der Waals surface area (Å²) in [6.07, 6.45) is 2.52. The molecule has 0 atom stereocenters. The van der Waals surface area contributed by atoms with Gasteiger partial charge in [0, 0.05) is 18.8 Å². The lowest BCUT2D eigenvalue weighted by Gasteiger charge is -2.09. The van der Waals surface area contributed by atoms with Crippen LogP contribution in [0.25, 0.3) is 0 Å². The van der Waals surface area contributed by atoms with Crippen LogP contribution in [0.5, 0.6) is 0 Å². The van der Waals surface area contributed by atoms with E-state index in [0.717, 1.165) is 24.2 Å². The molecule has 1 aromatic heterocycles. The fourth-order valence-corrected chi connectivity index (χ4v) is 3.37. The summed E-state index contributed by atoms with van der Waals surface area (Å²) in [6.45, 7) is 3.63. The van der Waals surface area contributed by atoms with Gasteiger partial charge in [0.1, 0.15) is 12.2 Å². The van der Waals surface area contributed by atoms with Gasteiger partial charge < -0.3 is 9.88 Å². The zero-order valence-electron chi connectivity index (χ0n) is 11.7. The summed E-state index contributed by atoms with van der Waals surface area (Å²) in [5.41, 5.74) is 2.05. The maximum absolute atomic E-state index is 12.3. The Morgan fingerprint density at radius 2 is 2.29 bits per heavy atom. The normalized spacial score (nSPS) is 14.0. The smallest absolute Gasteiger partial charge is 0.241 e. The van der Waals surface area contributed by atoms with Crippen LogP contribution in [0, 0.1) is 0 Å². The Labute approximate surface area is 123 Å². The predicted octanol–water partition coefficient (Wildman–Crippen LogP) is 0.744. The Morgan fingerprint density at radius 3 is 3.10 bits per heavy atom. The molecule has 0 saturated heterocycles. The monoisotopic (exact) mass is 307 g/mol. The quantitative estimate of drug-likeness (QED) is 0.850. The van der Waals surface area contributed by atoms with Gasteiger partial charge >= 0.3 is 0 Å². The van der Waals surface area contributed by atoms with Crippen molar-refractivity contribution >= 4 is 15.7 Å². The van der Waals surface area contributed by atoms with E-state index in [1.807, 2.05) is 13.0 Å². The highest BCUT2D eigenvalue weighted by atomic mass is 32.2. The first-order chi connectivity index (χ1) is 10.1. The molecule has 2 heterocycles. The van der Waals surface area contributed by atoms with Crippen LogP contribution in [0.3, 0.4) is 0 Å². The number of sulfonamides is 1. The first kappa shape index (κ1) is 14.0. The van der Waals surface area contributed by atoms with Crippen molar-refractivity contribution in [3.05, 3.63) is 35.9 Å². The molecule has 21 heavy (non-hydrogen) atoms. The molecule has 0 radical (unpaired) electrons. The molecule has 7 nitrogen and oxygen atoms in total. The molecule has 0 amide bonds. The van der Waals surface area contributed by atoms with E-state index >= 15 is 0 Å². The average molecular weight is 307 g/mol. The molecule has 1 aliphatic heterocycles. The van der Waals surface area contributed by atoms with Crippen LogP contribution in [-0.2, 0) is 29.5 Å². The van der Waals surface area contributed by atoms with Gasteiger partial charge in [-0.1, -0.05) is 6.07 Å². The molecule has 3 rings (SSSR count). The minimum Gasteiger partial charge on any atom is -0.384 e. The number of aromatic nitrogens is 3. The molecule has 8 heteroatoms. The highest BCUT2D eigenvalue weighted by Gasteiger charge is 2.18. The van der Waals surface area contributed by atoms with E-state index in [0.29, 0.717) is 12.4 Å². The lowest BCUT2D eigenvalue weighted by molar-refractivity contribution is 0.575. The lowest BCUT2D eigenvalue weighted by Crippen LogP contribution is -2.25. The van der Waals surface area contributed by atoms with Gasteiger partial charge in [0.25, 0.3) is 0 Å². The summed E-state index contributed by atoms with van der Waals surface area (Å²) >= 11 is 0. The minimum absolute atomic E-state index is 0.126. The number of rotatable bonds is 5. The van der Waals surface area contributed by atoms with Crippen molar-refractivity contribution in [1.82, 2.24) is 19.5 Å². The summed E-state index contributed by atoms with van der Waals surface area (Å²) in [4.78, 5) is 0.262. The maximum atomic E-state index is 12.3. The molecule has 112 valence electrons. The van der Waals surface area contributed by atoms with Gasteiger partial charge in [-0.05, 0) is 31.0 Å². The fraction of sp³-hybridized carbons (Fsp3) is 0.385. The second-order valence-corrected chi connectivity index (χ2v) is 6.62. The Morgan fingerprint density at radius 1 is 1.43 bits per heavy atom. The second kappa shape index (κ2) is 5.45. The van der Waals surface area contributed by atoms with E-state index in [1.165, 1.54) is 0 Å². The van der Waals surface area contributed by atoms with E-state index < -0.39 is 10.0 Å². The zero-order chi connectivity index (χ0) is 14.9. The fourth-order valence-electron chi connectivity index (χ4n) is 2.36. The Hall–Kier alpha value is -1.93. The molecule has 1 aliphatic rings. The topological polar surface area (TPSA) is 88.9 Å². The number of fused-ring (bicyclic) bond motifs is 1. The summed E-state index contributed by atoms with van der Waals surface area (Å²) in [7, 11) is -3.55. The largest absolute Gasteiger partial charge is 0.384 e. The molecular formula is C13H17N5O2S. The standard InChI is InChI=1S/C13H17N5O2S/c1-2-18-9-15-17-13(18)8-16-21(19,20)11-4-3-10-5-6-14-12(10)7-11/h3-4,7,9,14,16H,2,5-6,8H2,1H3. The van der Waals surface area contributed by atoms with E-state index in [1.54, 1.807) is 23.0 Å². The van der Waals surface area contributed by atoms with Crippen LogP contribution in [0.15, 0.2) is 29.4 Å². The number of benzene rings is 1. The number of nitrogens with one attached hydrogen (secondary N) is 2. The Kier molecular flexibility index (Phi) is 3.64. The molecular weight excluding hydrogens is 290 g/mol. The highest BCUT2D eigenvalue weighted by Crippen LogP contribution is 2.25. The van der Waals surface area contributed by atoms with Crippen LogP contribution >= 0.6 is 0 Å². The molecule has 2 N–H and O–H groups in total. The number of hydrogen-bond donors (Lipinski definition) is 2. The first-order valence-electron chi connectivity index (χ1n) is 6.83. The third-order valence-corrected chi connectivity index (χ3v) is 4.96. The third-order valence-electron chi connectivity index (χ3n) is 3.56. The third kappa shape index (κ3) is 2.77.